The monoisotopic (exact) mass is 413 g/mol. The summed E-state index contributed by atoms with van der Waals surface area (Å²) < 4.78 is 22.2. The van der Waals surface area contributed by atoms with Crippen molar-refractivity contribution in [1.29, 1.82) is 0 Å². The molecule has 0 fully saturated rings. The van der Waals surface area contributed by atoms with Crippen LogP contribution in [0.25, 0.3) is 22.7 Å². The smallest absolute Gasteiger partial charge is 0.407 e. The molecule has 0 aliphatic rings. The lowest BCUT2D eigenvalue weighted by Crippen LogP contribution is -2.40. The molecule has 1 amide bonds. The first-order valence-electron chi connectivity index (χ1n) is 9.85. The largest absolute Gasteiger partial charge is 0.494 e. The van der Waals surface area contributed by atoms with Gasteiger partial charge in [0, 0.05) is 6.07 Å². The van der Waals surface area contributed by atoms with Crippen molar-refractivity contribution < 1.29 is 23.4 Å². The van der Waals surface area contributed by atoms with Crippen molar-refractivity contribution in [3.05, 3.63) is 36.5 Å². The quantitative estimate of drug-likeness (QED) is 0.605. The van der Waals surface area contributed by atoms with Gasteiger partial charge in [0.05, 0.1) is 18.8 Å². The molecule has 0 radical (unpaired) electrons. The summed E-state index contributed by atoms with van der Waals surface area (Å²) in [5.41, 5.74) is 1.42. The van der Waals surface area contributed by atoms with E-state index in [1.54, 1.807) is 18.3 Å². The molecule has 0 saturated carbocycles. The lowest BCUT2D eigenvalue weighted by molar-refractivity contribution is 0.0494. The van der Waals surface area contributed by atoms with Crippen LogP contribution in [-0.4, -0.2) is 40.9 Å². The van der Waals surface area contributed by atoms with E-state index >= 15 is 0 Å². The Balaban J connectivity index is 1.58. The van der Waals surface area contributed by atoms with Crippen LogP contribution in [0.2, 0.25) is 0 Å². The summed E-state index contributed by atoms with van der Waals surface area (Å²) >= 11 is 0. The number of hydrogen-bond acceptors (Lipinski definition) is 7. The average molecular weight is 413 g/mol. The van der Waals surface area contributed by atoms with Crippen LogP contribution >= 0.6 is 0 Å². The molecule has 0 saturated heterocycles. The molecule has 0 unspecified atom stereocenters. The molecule has 160 valence electrons. The topological polar surface area (TPSA) is 95.7 Å². The minimum Gasteiger partial charge on any atom is -0.494 e. The van der Waals surface area contributed by atoms with Gasteiger partial charge in [0.1, 0.15) is 34.9 Å². The average Bonchev–Trinajstić information content (AvgIpc) is 3.09. The first kappa shape index (κ1) is 21.4. The van der Waals surface area contributed by atoms with E-state index in [0.717, 1.165) is 11.3 Å². The van der Waals surface area contributed by atoms with Crippen LogP contribution < -0.4 is 14.8 Å². The molecule has 8 heteroatoms. The van der Waals surface area contributed by atoms with Gasteiger partial charge in [-0.1, -0.05) is 0 Å². The highest BCUT2D eigenvalue weighted by Crippen LogP contribution is 2.27. The molecule has 0 spiro atoms. The first-order valence-corrected chi connectivity index (χ1v) is 9.85. The number of ether oxygens (including phenoxy) is 3. The number of nitrogens with zero attached hydrogens (tertiary/aromatic N) is 2. The second-order valence-electron chi connectivity index (χ2n) is 7.82. The van der Waals surface area contributed by atoms with E-state index in [4.69, 9.17) is 18.6 Å². The van der Waals surface area contributed by atoms with Gasteiger partial charge in [0.2, 0.25) is 5.89 Å². The maximum absolute atomic E-state index is 11.8. The zero-order valence-electron chi connectivity index (χ0n) is 17.9. The number of hydrogen-bond donors (Lipinski definition) is 1. The Morgan fingerprint density at radius 3 is 2.60 bits per heavy atom. The molecular formula is C22H27N3O5. The maximum atomic E-state index is 11.8. The lowest BCUT2D eigenvalue weighted by Gasteiger charge is -2.22. The van der Waals surface area contributed by atoms with Crippen LogP contribution in [0, 0.1) is 0 Å². The second-order valence-corrected chi connectivity index (χ2v) is 7.82. The number of carbonyl (C=O) groups is 1. The van der Waals surface area contributed by atoms with Gasteiger partial charge in [-0.05, 0) is 58.9 Å². The molecule has 8 nitrogen and oxygen atoms in total. The van der Waals surface area contributed by atoms with Gasteiger partial charge < -0.3 is 23.9 Å². The minimum absolute atomic E-state index is 0.226. The number of rotatable bonds is 7. The van der Waals surface area contributed by atoms with Crippen molar-refractivity contribution in [3.8, 4) is 23.1 Å². The predicted octanol–water partition coefficient (Wildman–Crippen LogP) is 4.58. The highest BCUT2D eigenvalue weighted by Gasteiger charge is 2.18. The first-order chi connectivity index (χ1) is 14.2. The molecular weight excluding hydrogens is 386 g/mol. The van der Waals surface area contributed by atoms with Crippen molar-refractivity contribution >= 4 is 17.2 Å². The minimum atomic E-state index is -0.542. The number of alkyl carbamates (subject to hydrolysis) is 1. The predicted molar refractivity (Wildman–Crippen MR) is 113 cm³/mol. The van der Waals surface area contributed by atoms with E-state index < -0.39 is 11.7 Å². The van der Waals surface area contributed by atoms with E-state index in [1.165, 1.54) is 0 Å². The molecule has 0 aliphatic heterocycles. The van der Waals surface area contributed by atoms with Crippen LogP contribution in [0.4, 0.5) is 4.79 Å². The van der Waals surface area contributed by atoms with E-state index in [-0.39, 0.29) is 12.6 Å². The summed E-state index contributed by atoms with van der Waals surface area (Å²) in [5, 5.41) is 2.73. The van der Waals surface area contributed by atoms with Crippen LogP contribution in [0.15, 0.2) is 40.9 Å². The van der Waals surface area contributed by atoms with Crippen LogP contribution in [0.5, 0.6) is 11.5 Å². The zero-order valence-corrected chi connectivity index (χ0v) is 17.9. The summed E-state index contributed by atoms with van der Waals surface area (Å²) in [6.45, 7) is 10.1. The summed E-state index contributed by atoms with van der Waals surface area (Å²) in [4.78, 5) is 20.6. The van der Waals surface area contributed by atoms with Crippen molar-refractivity contribution in [2.24, 2.45) is 0 Å². The number of benzene rings is 1. The Kier molecular flexibility index (Phi) is 6.44. The number of nitrogens with one attached hydrogen (secondary N) is 1. The summed E-state index contributed by atoms with van der Waals surface area (Å²) in [5.74, 6) is 1.73. The summed E-state index contributed by atoms with van der Waals surface area (Å²) in [6, 6.07) is 8.85. The van der Waals surface area contributed by atoms with E-state index in [1.807, 2.05) is 52.8 Å². The summed E-state index contributed by atoms with van der Waals surface area (Å²) in [7, 11) is 0. The lowest BCUT2D eigenvalue weighted by atomic mass is 10.2. The van der Waals surface area contributed by atoms with Crippen LogP contribution in [0.3, 0.4) is 0 Å². The van der Waals surface area contributed by atoms with Gasteiger partial charge in [0.25, 0.3) is 0 Å². The molecule has 3 aromatic rings. The van der Waals surface area contributed by atoms with E-state index in [0.29, 0.717) is 29.5 Å². The molecule has 1 atom stereocenters. The Labute approximate surface area is 175 Å². The third-order valence-electron chi connectivity index (χ3n) is 3.89. The number of aromatic nitrogens is 2. The van der Waals surface area contributed by atoms with E-state index in [2.05, 4.69) is 15.3 Å². The van der Waals surface area contributed by atoms with Crippen molar-refractivity contribution in [2.45, 2.75) is 46.3 Å². The number of amides is 1. The Bertz CT molecular complexity index is 992. The summed E-state index contributed by atoms with van der Waals surface area (Å²) in [6.07, 6.45) is 1.12. The van der Waals surface area contributed by atoms with Crippen LogP contribution in [0.1, 0.15) is 34.6 Å². The maximum Gasteiger partial charge on any atom is 0.407 e. The molecule has 0 aliphatic carbocycles. The van der Waals surface area contributed by atoms with Crippen molar-refractivity contribution in [3.63, 3.8) is 0 Å². The number of pyridine rings is 1. The highest BCUT2D eigenvalue weighted by atomic mass is 16.6. The number of oxazole rings is 1. The van der Waals surface area contributed by atoms with Crippen LogP contribution in [-0.2, 0) is 4.74 Å². The van der Waals surface area contributed by atoms with Crippen molar-refractivity contribution in [1.82, 2.24) is 15.3 Å². The fourth-order valence-electron chi connectivity index (χ4n) is 2.63. The van der Waals surface area contributed by atoms with Gasteiger partial charge in [-0.2, -0.15) is 0 Å². The normalized spacial score (nSPS) is 12.4. The van der Waals surface area contributed by atoms with Gasteiger partial charge in [-0.3, -0.25) is 0 Å². The Morgan fingerprint density at radius 1 is 1.17 bits per heavy atom. The molecule has 30 heavy (non-hydrogen) atoms. The molecule has 1 aromatic carbocycles. The third-order valence-corrected chi connectivity index (χ3v) is 3.89. The zero-order chi connectivity index (χ0) is 21.7. The highest BCUT2D eigenvalue weighted by molar-refractivity contribution is 5.77. The molecule has 3 rings (SSSR count). The molecule has 0 bridgehead atoms. The second kappa shape index (κ2) is 9.02. The number of carbonyl (C=O) groups excluding carboxylic acids is 1. The Morgan fingerprint density at radius 2 is 1.93 bits per heavy atom. The molecule has 1 N–H and O–H groups in total. The van der Waals surface area contributed by atoms with Gasteiger partial charge in [0.15, 0.2) is 5.58 Å². The van der Waals surface area contributed by atoms with Crippen molar-refractivity contribution in [2.75, 3.05) is 13.2 Å². The van der Waals surface area contributed by atoms with Gasteiger partial charge in [-0.25, -0.2) is 14.8 Å². The molecule has 2 aromatic heterocycles. The Hall–Kier alpha value is -3.29. The molecule has 2 heterocycles. The van der Waals surface area contributed by atoms with E-state index in [9.17, 15) is 4.79 Å². The van der Waals surface area contributed by atoms with Gasteiger partial charge in [-0.15, -0.1) is 0 Å². The number of fused-ring (bicyclic) bond motifs is 1. The standard InChI is InChI=1S/C22H27N3O5/c1-6-27-15-7-9-17-19(11-15)29-20(25-17)18-10-8-16(12-23-18)28-13-14(2)24-21(26)30-22(3,4)5/h7-12,14H,6,13H2,1-5H3,(H,24,26)/t14-/m0/s1. The van der Waals surface area contributed by atoms with Gasteiger partial charge >= 0.3 is 6.09 Å². The SMILES string of the molecule is CCOc1ccc2nc(-c3ccc(OC[C@H](C)NC(=O)OC(C)(C)C)cn3)oc2c1. The third kappa shape index (κ3) is 5.85. The fraction of sp³-hybridized carbons (Fsp3) is 0.409. The fourth-order valence-corrected chi connectivity index (χ4v) is 2.63.